The number of urea groups is 1. The smallest absolute Gasteiger partial charge is 0.325 e. The van der Waals surface area contributed by atoms with Crippen LogP contribution in [0.25, 0.3) is 0 Å². The predicted octanol–water partition coefficient (Wildman–Crippen LogP) is 1.98. The van der Waals surface area contributed by atoms with E-state index in [9.17, 15) is 14.4 Å². The lowest BCUT2D eigenvalue weighted by molar-refractivity contribution is -0.134. The maximum Gasteiger partial charge on any atom is 0.325 e. The van der Waals surface area contributed by atoms with Crippen molar-refractivity contribution < 1.29 is 19.1 Å². The first-order valence-corrected chi connectivity index (χ1v) is 12.2. The summed E-state index contributed by atoms with van der Waals surface area (Å²) < 4.78 is 5.82. The van der Waals surface area contributed by atoms with Crippen molar-refractivity contribution in [2.24, 2.45) is 5.92 Å². The largest absolute Gasteiger partial charge is 0.373 e. The highest BCUT2D eigenvalue weighted by atomic mass is 16.5. The van der Waals surface area contributed by atoms with E-state index in [1.807, 2.05) is 4.90 Å². The molecular formula is C23H38N4O4. The predicted molar refractivity (Wildman–Crippen MR) is 116 cm³/mol. The standard InChI is InChI=1S/C23H38N4O4/c1-17-14-25(15-18(2)31-17)16-19-7-12-26(13-8-19)20(28)6-5-11-27-21(29)23(24-22(27)30)9-3-4-10-23/h17-19H,3-16H2,1-2H3,(H,24,30). The highest BCUT2D eigenvalue weighted by Gasteiger charge is 2.52. The van der Waals surface area contributed by atoms with Gasteiger partial charge in [-0.2, -0.15) is 0 Å². The number of nitrogens with zero attached hydrogens (tertiary/aromatic N) is 3. The number of nitrogens with one attached hydrogen (secondary N) is 1. The number of imide groups is 1. The molecule has 3 aliphatic heterocycles. The van der Waals surface area contributed by atoms with Gasteiger partial charge in [0.05, 0.1) is 12.2 Å². The van der Waals surface area contributed by atoms with Crippen LogP contribution < -0.4 is 5.32 Å². The summed E-state index contributed by atoms with van der Waals surface area (Å²) in [7, 11) is 0. The number of hydrogen-bond donors (Lipinski definition) is 1. The molecule has 174 valence electrons. The van der Waals surface area contributed by atoms with Gasteiger partial charge in [-0.3, -0.25) is 19.4 Å². The average Bonchev–Trinajstić information content (AvgIpc) is 3.28. The van der Waals surface area contributed by atoms with Crippen molar-refractivity contribution in [3.8, 4) is 0 Å². The van der Waals surface area contributed by atoms with Crippen LogP contribution in [0, 0.1) is 5.92 Å². The Balaban J connectivity index is 1.16. The number of morpholine rings is 1. The van der Waals surface area contributed by atoms with Gasteiger partial charge in [-0.1, -0.05) is 12.8 Å². The zero-order valence-corrected chi connectivity index (χ0v) is 19.1. The van der Waals surface area contributed by atoms with E-state index in [4.69, 9.17) is 4.74 Å². The molecule has 2 unspecified atom stereocenters. The van der Waals surface area contributed by atoms with E-state index in [0.29, 0.717) is 37.5 Å². The number of hydrogen-bond acceptors (Lipinski definition) is 5. The van der Waals surface area contributed by atoms with Gasteiger partial charge in [-0.25, -0.2) is 4.79 Å². The molecule has 4 fully saturated rings. The van der Waals surface area contributed by atoms with Crippen LogP contribution in [-0.4, -0.2) is 89.6 Å². The van der Waals surface area contributed by atoms with Crippen LogP contribution in [0.2, 0.25) is 0 Å². The molecule has 1 spiro atoms. The minimum Gasteiger partial charge on any atom is -0.373 e. The molecule has 2 atom stereocenters. The van der Waals surface area contributed by atoms with Crippen molar-refractivity contribution in [3.05, 3.63) is 0 Å². The topological polar surface area (TPSA) is 82.2 Å². The first kappa shape index (κ1) is 22.5. The van der Waals surface area contributed by atoms with E-state index in [-0.39, 0.29) is 17.8 Å². The van der Waals surface area contributed by atoms with Crippen molar-refractivity contribution in [1.29, 1.82) is 0 Å². The van der Waals surface area contributed by atoms with Gasteiger partial charge in [-0.05, 0) is 51.9 Å². The highest BCUT2D eigenvalue weighted by molar-refractivity contribution is 6.07. The number of carbonyl (C=O) groups is 3. The van der Waals surface area contributed by atoms with Crippen LogP contribution in [0.15, 0.2) is 0 Å². The zero-order chi connectivity index (χ0) is 22.0. The van der Waals surface area contributed by atoms with Crippen LogP contribution in [0.4, 0.5) is 4.79 Å². The fourth-order valence-corrected chi connectivity index (χ4v) is 5.91. The number of carbonyl (C=O) groups excluding carboxylic acids is 3. The molecule has 0 aromatic heterocycles. The monoisotopic (exact) mass is 434 g/mol. The van der Waals surface area contributed by atoms with Crippen molar-refractivity contribution in [2.45, 2.75) is 83.0 Å². The lowest BCUT2D eigenvalue weighted by Crippen LogP contribution is -2.48. The Bertz CT molecular complexity index is 675. The zero-order valence-electron chi connectivity index (χ0n) is 19.1. The average molecular weight is 435 g/mol. The Hall–Kier alpha value is -1.67. The van der Waals surface area contributed by atoms with E-state index >= 15 is 0 Å². The SMILES string of the molecule is CC1CN(CC2CCN(C(=O)CCCN3C(=O)NC4(CCCC4)C3=O)CC2)CC(C)O1. The lowest BCUT2D eigenvalue weighted by Gasteiger charge is -2.39. The molecule has 0 bridgehead atoms. The van der Waals surface area contributed by atoms with E-state index in [2.05, 4.69) is 24.1 Å². The maximum atomic E-state index is 12.7. The van der Waals surface area contributed by atoms with E-state index in [1.165, 1.54) is 4.90 Å². The third-order valence-electron chi connectivity index (χ3n) is 7.45. The Kier molecular flexibility index (Phi) is 6.86. The fraction of sp³-hybridized carbons (Fsp3) is 0.870. The summed E-state index contributed by atoms with van der Waals surface area (Å²) in [4.78, 5) is 43.4. The number of ether oxygens (including phenoxy) is 1. The first-order chi connectivity index (χ1) is 14.9. The second kappa shape index (κ2) is 9.45. The lowest BCUT2D eigenvalue weighted by atomic mass is 9.95. The molecule has 8 nitrogen and oxygen atoms in total. The van der Waals surface area contributed by atoms with E-state index < -0.39 is 5.54 Å². The summed E-state index contributed by atoms with van der Waals surface area (Å²) in [5, 5.41) is 2.90. The van der Waals surface area contributed by atoms with Gasteiger partial charge < -0.3 is 15.0 Å². The third kappa shape index (κ3) is 5.06. The Morgan fingerprint density at radius 3 is 2.39 bits per heavy atom. The molecule has 1 saturated carbocycles. The molecule has 8 heteroatoms. The molecular weight excluding hydrogens is 396 g/mol. The van der Waals surface area contributed by atoms with E-state index in [0.717, 1.165) is 71.2 Å². The second-order valence-electron chi connectivity index (χ2n) is 10.1. The summed E-state index contributed by atoms with van der Waals surface area (Å²) in [5.74, 6) is 0.694. The Labute approximate surface area is 185 Å². The van der Waals surface area contributed by atoms with Crippen LogP contribution in [0.5, 0.6) is 0 Å². The number of piperidine rings is 1. The molecule has 4 amide bonds. The summed E-state index contributed by atoms with van der Waals surface area (Å²) in [5.41, 5.74) is -0.654. The van der Waals surface area contributed by atoms with Crippen LogP contribution in [0.1, 0.15) is 65.2 Å². The Morgan fingerprint density at radius 1 is 1.10 bits per heavy atom. The van der Waals surface area contributed by atoms with Gasteiger partial charge in [0, 0.05) is 45.7 Å². The van der Waals surface area contributed by atoms with E-state index in [1.54, 1.807) is 0 Å². The van der Waals surface area contributed by atoms with Crippen molar-refractivity contribution in [2.75, 3.05) is 39.3 Å². The van der Waals surface area contributed by atoms with Gasteiger partial charge in [0.2, 0.25) is 5.91 Å². The highest BCUT2D eigenvalue weighted by Crippen LogP contribution is 2.35. The minimum absolute atomic E-state index is 0.0880. The Morgan fingerprint density at radius 2 is 1.74 bits per heavy atom. The molecule has 1 aliphatic carbocycles. The molecule has 3 heterocycles. The number of rotatable bonds is 6. The normalized spacial score (nSPS) is 29.7. The van der Waals surface area contributed by atoms with Gasteiger partial charge in [-0.15, -0.1) is 0 Å². The third-order valence-corrected chi connectivity index (χ3v) is 7.45. The summed E-state index contributed by atoms with van der Waals surface area (Å²) >= 11 is 0. The molecule has 1 N–H and O–H groups in total. The van der Waals surface area contributed by atoms with Crippen molar-refractivity contribution in [3.63, 3.8) is 0 Å². The number of likely N-dealkylation sites (tertiary alicyclic amines) is 1. The molecule has 4 rings (SSSR count). The maximum absolute atomic E-state index is 12.7. The van der Waals surface area contributed by atoms with Gasteiger partial charge >= 0.3 is 6.03 Å². The van der Waals surface area contributed by atoms with Crippen molar-refractivity contribution in [1.82, 2.24) is 20.0 Å². The summed E-state index contributed by atoms with van der Waals surface area (Å²) in [6, 6.07) is -0.285. The minimum atomic E-state index is -0.654. The van der Waals surface area contributed by atoms with Gasteiger partial charge in [0.15, 0.2) is 0 Å². The van der Waals surface area contributed by atoms with Crippen LogP contribution >= 0.6 is 0 Å². The van der Waals surface area contributed by atoms with Crippen molar-refractivity contribution >= 4 is 17.8 Å². The summed E-state index contributed by atoms with van der Waals surface area (Å²) in [6.45, 7) is 9.31. The molecule has 0 radical (unpaired) electrons. The van der Waals surface area contributed by atoms with Crippen LogP contribution in [-0.2, 0) is 14.3 Å². The quantitative estimate of drug-likeness (QED) is 0.647. The second-order valence-corrected chi connectivity index (χ2v) is 10.1. The first-order valence-electron chi connectivity index (χ1n) is 12.2. The number of amides is 4. The molecule has 3 saturated heterocycles. The van der Waals surface area contributed by atoms with Gasteiger partial charge in [0.25, 0.3) is 5.91 Å². The molecule has 4 aliphatic rings. The summed E-state index contributed by atoms with van der Waals surface area (Å²) in [6.07, 6.45) is 7.05. The molecule has 31 heavy (non-hydrogen) atoms. The van der Waals surface area contributed by atoms with Crippen LogP contribution in [0.3, 0.4) is 0 Å². The molecule has 0 aromatic rings. The fourth-order valence-electron chi connectivity index (χ4n) is 5.91. The van der Waals surface area contributed by atoms with Gasteiger partial charge in [0.1, 0.15) is 5.54 Å². The molecule has 0 aromatic carbocycles.